The molecule has 0 unspecified atom stereocenters. The van der Waals surface area contributed by atoms with Gasteiger partial charge in [-0.3, -0.25) is 9.69 Å². The fraction of sp³-hybridized carbons (Fsp3) is 0.533. The molecule has 3 heteroatoms. The third-order valence-corrected chi connectivity index (χ3v) is 5.06. The van der Waals surface area contributed by atoms with Gasteiger partial charge in [-0.05, 0) is 44.0 Å². The maximum absolute atomic E-state index is 12.0. The van der Waals surface area contributed by atoms with Crippen molar-refractivity contribution in [3.05, 3.63) is 29.8 Å². The lowest BCUT2D eigenvalue weighted by molar-refractivity contribution is -0.118. The van der Waals surface area contributed by atoms with Crippen LogP contribution >= 0.6 is 0 Å². The molecular formula is C15H18N2O. The van der Waals surface area contributed by atoms with Crippen molar-refractivity contribution in [2.24, 2.45) is 0 Å². The highest BCUT2D eigenvalue weighted by atomic mass is 16.1. The SMILES string of the molecule is O=C1C[C@@]2(CCN3CCC[C@@H]32)c2ccccc2N1. The monoisotopic (exact) mass is 242 g/mol. The lowest BCUT2D eigenvalue weighted by atomic mass is 9.68. The molecule has 1 aromatic carbocycles. The zero-order chi connectivity index (χ0) is 12.2. The summed E-state index contributed by atoms with van der Waals surface area (Å²) in [7, 11) is 0. The number of carbonyl (C=O) groups is 1. The number of nitrogens with one attached hydrogen (secondary N) is 1. The van der Waals surface area contributed by atoms with Crippen LogP contribution in [-0.2, 0) is 10.2 Å². The van der Waals surface area contributed by atoms with Gasteiger partial charge in [0.1, 0.15) is 0 Å². The van der Waals surface area contributed by atoms with E-state index in [0.717, 1.165) is 18.7 Å². The number of benzene rings is 1. The summed E-state index contributed by atoms with van der Waals surface area (Å²) in [5.74, 6) is 0.197. The number of nitrogens with zero attached hydrogens (tertiary/aromatic N) is 1. The lowest BCUT2D eigenvalue weighted by Gasteiger charge is -2.39. The highest BCUT2D eigenvalue weighted by molar-refractivity contribution is 5.95. The fourth-order valence-electron chi connectivity index (χ4n) is 4.35. The van der Waals surface area contributed by atoms with Crippen molar-refractivity contribution in [2.45, 2.75) is 37.1 Å². The average Bonchev–Trinajstić information content (AvgIpc) is 2.94. The van der Waals surface area contributed by atoms with E-state index in [9.17, 15) is 4.79 Å². The smallest absolute Gasteiger partial charge is 0.225 e. The van der Waals surface area contributed by atoms with E-state index in [1.54, 1.807) is 0 Å². The molecule has 4 rings (SSSR count). The summed E-state index contributed by atoms with van der Waals surface area (Å²) in [5.41, 5.74) is 2.51. The normalized spacial score (nSPS) is 34.4. The summed E-state index contributed by atoms with van der Waals surface area (Å²) in [6, 6.07) is 8.97. The van der Waals surface area contributed by atoms with E-state index in [1.807, 2.05) is 12.1 Å². The van der Waals surface area contributed by atoms with Crippen LogP contribution in [0.15, 0.2) is 24.3 Å². The van der Waals surface area contributed by atoms with Gasteiger partial charge in [0.25, 0.3) is 0 Å². The Bertz CT molecular complexity index is 513. The zero-order valence-electron chi connectivity index (χ0n) is 10.5. The molecule has 0 bridgehead atoms. The number of carbonyl (C=O) groups excluding carboxylic acids is 1. The first kappa shape index (κ1) is 10.6. The van der Waals surface area contributed by atoms with Crippen LogP contribution in [0.5, 0.6) is 0 Å². The van der Waals surface area contributed by atoms with E-state index < -0.39 is 0 Å². The first-order valence-corrected chi connectivity index (χ1v) is 6.93. The van der Waals surface area contributed by atoms with Crippen molar-refractivity contribution in [1.82, 2.24) is 4.90 Å². The second kappa shape index (κ2) is 3.58. The topological polar surface area (TPSA) is 32.3 Å². The third kappa shape index (κ3) is 1.25. The van der Waals surface area contributed by atoms with Crippen molar-refractivity contribution in [3.63, 3.8) is 0 Å². The number of hydrogen-bond donors (Lipinski definition) is 1. The number of rotatable bonds is 0. The van der Waals surface area contributed by atoms with E-state index in [4.69, 9.17) is 0 Å². The van der Waals surface area contributed by atoms with Crippen molar-refractivity contribution in [2.75, 3.05) is 18.4 Å². The number of anilines is 1. The minimum Gasteiger partial charge on any atom is -0.326 e. The molecule has 0 aromatic heterocycles. The van der Waals surface area contributed by atoms with Crippen molar-refractivity contribution >= 4 is 11.6 Å². The third-order valence-electron chi connectivity index (χ3n) is 5.06. The molecular weight excluding hydrogens is 224 g/mol. The van der Waals surface area contributed by atoms with E-state index in [0.29, 0.717) is 12.5 Å². The van der Waals surface area contributed by atoms with Gasteiger partial charge >= 0.3 is 0 Å². The number of fused-ring (bicyclic) bond motifs is 4. The van der Waals surface area contributed by atoms with Crippen LogP contribution in [0.1, 0.15) is 31.2 Å². The van der Waals surface area contributed by atoms with E-state index >= 15 is 0 Å². The second-order valence-electron chi connectivity index (χ2n) is 5.87. The van der Waals surface area contributed by atoms with Gasteiger partial charge in [-0.25, -0.2) is 0 Å². The van der Waals surface area contributed by atoms with Crippen molar-refractivity contribution < 1.29 is 4.79 Å². The summed E-state index contributed by atoms with van der Waals surface area (Å²) in [4.78, 5) is 14.6. The highest BCUT2D eigenvalue weighted by Crippen LogP contribution is 2.51. The molecule has 2 saturated heterocycles. The van der Waals surface area contributed by atoms with Crippen LogP contribution < -0.4 is 5.32 Å². The van der Waals surface area contributed by atoms with Gasteiger partial charge in [0.2, 0.25) is 5.91 Å². The molecule has 3 aliphatic heterocycles. The van der Waals surface area contributed by atoms with Crippen LogP contribution in [-0.4, -0.2) is 29.9 Å². The van der Waals surface area contributed by atoms with Crippen LogP contribution in [0.25, 0.3) is 0 Å². The summed E-state index contributed by atoms with van der Waals surface area (Å²) in [5, 5.41) is 3.03. The van der Waals surface area contributed by atoms with Gasteiger partial charge in [0, 0.05) is 23.6 Å². The summed E-state index contributed by atoms with van der Waals surface area (Å²) < 4.78 is 0. The van der Waals surface area contributed by atoms with Crippen molar-refractivity contribution in [3.8, 4) is 0 Å². The minimum absolute atomic E-state index is 0.0927. The molecule has 0 saturated carbocycles. The fourth-order valence-corrected chi connectivity index (χ4v) is 4.35. The van der Waals surface area contributed by atoms with Gasteiger partial charge < -0.3 is 5.32 Å². The Kier molecular flexibility index (Phi) is 2.10. The molecule has 2 fully saturated rings. The highest BCUT2D eigenvalue weighted by Gasteiger charge is 2.53. The largest absolute Gasteiger partial charge is 0.326 e. The molecule has 18 heavy (non-hydrogen) atoms. The zero-order valence-corrected chi connectivity index (χ0v) is 10.5. The van der Waals surface area contributed by atoms with Crippen LogP contribution in [0.4, 0.5) is 5.69 Å². The van der Waals surface area contributed by atoms with E-state index in [1.165, 1.54) is 24.9 Å². The predicted molar refractivity (Wildman–Crippen MR) is 70.6 cm³/mol. The Morgan fingerprint density at radius 3 is 3.11 bits per heavy atom. The summed E-state index contributed by atoms with van der Waals surface area (Å²) in [6.45, 7) is 2.38. The van der Waals surface area contributed by atoms with E-state index in [2.05, 4.69) is 22.3 Å². The number of para-hydroxylation sites is 1. The van der Waals surface area contributed by atoms with Gasteiger partial charge in [0.05, 0.1) is 0 Å². The standard InChI is InChI=1S/C15H18N2O/c18-14-10-15(7-9-17-8-3-6-13(15)17)11-4-1-2-5-12(11)16-14/h1-2,4-5,13H,3,6-10H2,(H,16,18)/t13-,15+/m1/s1. The Hall–Kier alpha value is -1.35. The second-order valence-corrected chi connectivity index (χ2v) is 5.87. The lowest BCUT2D eigenvalue weighted by Crippen LogP contribution is -2.45. The Labute approximate surface area is 107 Å². The molecule has 0 radical (unpaired) electrons. The molecule has 94 valence electrons. The molecule has 0 aliphatic carbocycles. The number of hydrogen-bond acceptors (Lipinski definition) is 2. The summed E-state index contributed by atoms with van der Waals surface area (Å²) in [6.07, 6.45) is 4.35. The molecule has 2 atom stereocenters. The maximum Gasteiger partial charge on any atom is 0.225 e. The van der Waals surface area contributed by atoms with Gasteiger partial charge in [-0.15, -0.1) is 0 Å². The Morgan fingerprint density at radius 2 is 2.17 bits per heavy atom. The van der Waals surface area contributed by atoms with Crippen LogP contribution in [0, 0.1) is 0 Å². The van der Waals surface area contributed by atoms with Gasteiger partial charge in [-0.2, -0.15) is 0 Å². The van der Waals surface area contributed by atoms with Crippen LogP contribution in [0.3, 0.4) is 0 Å². The quantitative estimate of drug-likeness (QED) is 0.756. The number of amides is 1. The molecule has 1 N–H and O–H groups in total. The molecule has 3 heterocycles. The predicted octanol–water partition coefficient (Wildman–Crippen LogP) is 2.13. The molecule has 1 amide bonds. The summed E-state index contributed by atoms with van der Waals surface area (Å²) >= 11 is 0. The first-order valence-electron chi connectivity index (χ1n) is 6.93. The average molecular weight is 242 g/mol. The van der Waals surface area contributed by atoms with Crippen LogP contribution in [0.2, 0.25) is 0 Å². The molecule has 1 spiro atoms. The first-order chi connectivity index (χ1) is 8.79. The van der Waals surface area contributed by atoms with Crippen molar-refractivity contribution in [1.29, 1.82) is 0 Å². The van der Waals surface area contributed by atoms with E-state index in [-0.39, 0.29) is 11.3 Å². The molecule has 1 aromatic rings. The molecule has 3 nitrogen and oxygen atoms in total. The molecule has 3 aliphatic rings. The Morgan fingerprint density at radius 1 is 1.28 bits per heavy atom. The minimum atomic E-state index is 0.0927. The van der Waals surface area contributed by atoms with Gasteiger partial charge in [-0.1, -0.05) is 18.2 Å². The van der Waals surface area contributed by atoms with Gasteiger partial charge in [0.15, 0.2) is 0 Å². The Balaban J connectivity index is 1.87. The maximum atomic E-state index is 12.0.